The standard InChI is InChI=1S/C17H25ClFNO/c1-2-8-20-15(12-16-5-3-4-9-21-16)11-13-10-14(18)6-7-17(13)19/h6-7,10,15-16,20H,2-5,8-9,11-12H2,1H3. The van der Waals surface area contributed by atoms with Gasteiger partial charge in [-0.2, -0.15) is 0 Å². The van der Waals surface area contributed by atoms with E-state index in [1.165, 1.54) is 12.5 Å². The van der Waals surface area contributed by atoms with Crippen LogP contribution in [-0.4, -0.2) is 25.3 Å². The second kappa shape index (κ2) is 8.72. The highest BCUT2D eigenvalue weighted by Crippen LogP contribution is 2.21. The Labute approximate surface area is 132 Å². The summed E-state index contributed by atoms with van der Waals surface area (Å²) >= 11 is 5.98. The van der Waals surface area contributed by atoms with Gasteiger partial charge in [-0.25, -0.2) is 4.39 Å². The van der Waals surface area contributed by atoms with E-state index in [4.69, 9.17) is 16.3 Å². The third-order valence-corrected chi connectivity index (χ3v) is 4.21. The zero-order valence-corrected chi connectivity index (χ0v) is 13.5. The summed E-state index contributed by atoms with van der Waals surface area (Å²) in [4.78, 5) is 0. The summed E-state index contributed by atoms with van der Waals surface area (Å²) in [5, 5.41) is 4.11. The van der Waals surface area contributed by atoms with Gasteiger partial charge in [-0.1, -0.05) is 18.5 Å². The Hall–Kier alpha value is -0.640. The zero-order valence-electron chi connectivity index (χ0n) is 12.7. The molecule has 1 aliphatic rings. The molecule has 0 radical (unpaired) electrons. The molecule has 4 heteroatoms. The number of hydrogen-bond donors (Lipinski definition) is 1. The van der Waals surface area contributed by atoms with Gasteiger partial charge in [0.1, 0.15) is 5.82 Å². The lowest BCUT2D eigenvalue weighted by Gasteiger charge is -2.28. The Kier molecular flexibility index (Phi) is 6.94. The van der Waals surface area contributed by atoms with E-state index >= 15 is 0 Å². The van der Waals surface area contributed by atoms with Crippen molar-refractivity contribution in [1.82, 2.24) is 5.32 Å². The summed E-state index contributed by atoms with van der Waals surface area (Å²) < 4.78 is 19.7. The fourth-order valence-electron chi connectivity index (χ4n) is 2.86. The van der Waals surface area contributed by atoms with Gasteiger partial charge in [0.05, 0.1) is 6.10 Å². The van der Waals surface area contributed by atoms with Crippen LogP contribution in [-0.2, 0) is 11.2 Å². The molecule has 118 valence electrons. The minimum atomic E-state index is -0.174. The smallest absolute Gasteiger partial charge is 0.126 e. The molecule has 0 aromatic heterocycles. The van der Waals surface area contributed by atoms with Crippen molar-refractivity contribution >= 4 is 11.6 Å². The van der Waals surface area contributed by atoms with Crippen molar-refractivity contribution < 1.29 is 9.13 Å². The lowest BCUT2D eigenvalue weighted by atomic mass is 9.96. The van der Waals surface area contributed by atoms with Crippen LogP contribution in [0.15, 0.2) is 18.2 Å². The molecule has 1 aromatic carbocycles. The largest absolute Gasteiger partial charge is 0.378 e. The number of ether oxygens (including phenoxy) is 1. The fourth-order valence-corrected chi connectivity index (χ4v) is 3.06. The molecular weight excluding hydrogens is 289 g/mol. The van der Waals surface area contributed by atoms with Crippen molar-refractivity contribution in [2.75, 3.05) is 13.2 Å². The van der Waals surface area contributed by atoms with Gasteiger partial charge < -0.3 is 10.1 Å². The fraction of sp³-hybridized carbons (Fsp3) is 0.647. The predicted molar refractivity (Wildman–Crippen MR) is 85.4 cm³/mol. The average Bonchev–Trinajstić information content (AvgIpc) is 2.49. The molecule has 0 bridgehead atoms. The molecule has 2 unspecified atom stereocenters. The van der Waals surface area contributed by atoms with Gasteiger partial charge in [-0.3, -0.25) is 0 Å². The van der Waals surface area contributed by atoms with E-state index < -0.39 is 0 Å². The van der Waals surface area contributed by atoms with Crippen LogP contribution in [0.5, 0.6) is 0 Å². The molecular formula is C17H25ClFNO. The Morgan fingerprint density at radius 3 is 3.00 bits per heavy atom. The van der Waals surface area contributed by atoms with Gasteiger partial charge in [0.25, 0.3) is 0 Å². The van der Waals surface area contributed by atoms with Crippen molar-refractivity contribution in [3.8, 4) is 0 Å². The lowest BCUT2D eigenvalue weighted by molar-refractivity contribution is 0.00522. The van der Waals surface area contributed by atoms with E-state index in [2.05, 4.69) is 12.2 Å². The molecule has 0 amide bonds. The van der Waals surface area contributed by atoms with Gasteiger partial charge in [0.2, 0.25) is 0 Å². The van der Waals surface area contributed by atoms with Crippen LogP contribution in [0.4, 0.5) is 4.39 Å². The van der Waals surface area contributed by atoms with Crippen LogP contribution in [0.1, 0.15) is 44.6 Å². The average molecular weight is 314 g/mol. The molecule has 1 aliphatic heterocycles. The first kappa shape index (κ1) is 16.7. The van der Waals surface area contributed by atoms with Crippen LogP contribution in [0.2, 0.25) is 5.02 Å². The summed E-state index contributed by atoms with van der Waals surface area (Å²) in [5.41, 5.74) is 0.687. The molecule has 1 N–H and O–H groups in total. The molecule has 0 aliphatic carbocycles. The second-order valence-electron chi connectivity index (χ2n) is 5.82. The lowest BCUT2D eigenvalue weighted by Crippen LogP contribution is -2.37. The number of halogens is 2. The quantitative estimate of drug-likeness (QED) is 0.808. The third-order valence-electron chi connectivity index (χ3n) is 3.98. The van der Waals surface area contributed by atoms with Crippen LogP contribution >= 0.6 is 11.6 Å². The Morgan fingerprint density at radius 1 is 1.43 bits per heavy atom. The highest BCUT2D eigenvalue weighted by atomic mass is 35.5. The minimum absolute atomic E-state index is 0.174. The van der Waals surface area contributed by atoms with E-state index in [1.54, 1.807) is 12.1 Å². The first-order chi connectivity index (χ1) is 10.2. The maximum Gasteiger partial charge on any atom is 0.126 e. The Balaban J connectivity index is 1.98. The molecule has 2 nitrogen and oxygen atoms in total. The molecule has 0 spiro atoms. The normalized spacial score (nSPS) is 20.4. The molecule has 21 heavy (non-hydrogen) atoms. The highest BCUT2D eigenvalue weighted by molar-refractivity contribution is 6.30. The first-order valence-corrected chi connectivity index (χ1v) is 8.35. The number of hydrogen-bond acceptors (Lipinski definition) is 2. The van der Waals surface area contributed by atoms with Gasteiger partial charge >= 0.3 is 0 Å². The van der Waals surface area contributed by atoms with Gasteiger partial charge in [0.15, 0.2) is 0 Å². The maximum atomic E-state index is 13.9. The van der Waals surface area contributed by atoms with E-state index in [0.29, 0.717) is 23.1 Å². The zero-order chi connectivity index (χ0) is 15.1. The molecule has 1 saturated heterocycles. The van der Waals surface area contributed by atoms with Crippen molar-refractivity contribution in [1.29, 1.82) is 0 Å². The molecule has 1 heterocycles. The van der Waals surface area contributed by atoms with Crippen molar-refractivity contribution in [2.45, 2.75) is 57.6 Å². The van der Waals surface area contributed by atoms with Gasteiger partial charge in [0, 0.05) is 17.7 Å². The topological polar surface area (TPSA) is 21.3 Å². The number of rotatable bonds is 7. The predicted octanol–water partition coefficient (Wildman–Crippen LogP) is 4.35. The Bertz CT molecular complexity index is 435. The van der Waals surface area contributed by atoms with E-state index in [9.17, 15) is 4.39 Å². The van der Waals surface area contributed by atoms with Crippen LogP contribution in [0.3, 0.4) is 0 Å². The van der Waals surface area contributed by atoms with Crippen LogP contribution in [0, 0.1) is 5.82 Å². The highest BCUT2D eigenvalue weighted by Gasteiger charge is 2.20. The van der Waals surface area contributed by atoms with E-state index in [-0.39, 0.29) is 11.9 Å². The van der Waals surface area contributed by atoms with Crippen molar-refractivity contribution in [3.05, 3.63) is 34.6 Å². The summed E-state index contributed by atoms with van der Waals surface area (Å²) in [6.07, 6.45) is 6.47. The van der Waals surface area contributed by atoms with Gasteiger partial charge in [-0.15, -0.1) is 0 Å². The van der Waals surface area contributed by atoms with Crippen molar-refractivity contribution in [3.63, 3.8) is 0 Å². The monoisotopic (exact) mass is 313 g/mol. The summed E-state index contributed by atoms with van der Waals surface area (Å²) in [7, 11) is 0. The van der Waals surface area contributed by atoms with Crippen LogP contribution < -0.4 is 5.32 Å². The minimum Gasteiger partial charge on any atom is -0.378 e. The third kappa shape index (κ3) is 5.57. The molecule has 2 rings (SSSR count). The van der Waals surface area contributed by atoms with Crippen LogP contribution in [0.25, 0.3) is 0 Å². The molecule has 1 fully saturated rings. The summed E-state index contributed by atoms with van der Waals surface area (Å²) in [6, 6.07) is 5.02. The summed E-state index contributed by atoms with van der Waals surface area (Å²) in [5.74, 6) is -0.174. The van der Waals surface area contributed by atoms with Crippen molar-refractivity contribution in [2.24, 2.45) is 0 Å². The molecule has 0 saturated carbocycles. The second-order valence-corrected chi connectivity index (χ2v) is 6.25. The number of nitrogens with one attached hydrogen (secondary N) is 1. The molecule has 2 atom stereocenters. The SMILES string of the molecule is CCCNC(Cc1cc(Cl)ccc1F)CC1CCCCO1. The maximum absolute atomic E-state index is 13.9. The van der Waals surface area contributed by atoms with E-state index in [1.807, 2.05) is 0 Å². The summed E-state index contributed by atoms with van der Waals surface area (Å²) in [6.45, 7) is 3.94. The Morgan fingerprint density at radius 2 is 2.29 bits per heavy atom. The number of benzene rings is 1. The molecule has 1 aromatic rings. The van der Waals surface area contributed by atoms with Gasteiger partial charge in [-0.05, 0) is 68.8 Å². The van der Waals surface area contributed by atoms with E-state index in [0.717, 1.165) is 38.8 Å². The first-order valence-electron chi connectivity index (χ1n) is 7.98.